The van der Waals surface area contributed by atoms with Crippen molar-refractivity contribution in [1.29, 1.82) is 0 Å². The third kappa shape index (κ3) is 2.66. The second-order valence-electron chi connectivity index (χ2n) is 4.99. The average Bonchev–Trinajstić information content (AvgIpc) is 2.80. The van der Waals surface area contributed by atoms with Crippen LogP contribution in [0.15, 0.2) is 23.4 Å². The van der Waals surface area contributed by atoms with Gasteiger partial charge in [0.1, 0.15) is 0 Å². The minimum Gasteiger partial charge on any atom is -0.392 e. The molecule has 2 heterocycles. The molecule has 1 aromatic heterocycles. The van der Waals surface area contributed by atoms with Crippen LogP contribution in [0.25, 0.3) is 0 Å². The molecule has 5 nitrogen and oxygen atoms in total. The number of pyridine rings is 1. The number of aliphatic hydroxyl groups excluding tert-OH is 1. The van der Waals surface area contributed by atoms with Crippen LogP contribution < -0.4 is 0 Å². The van der Waals surface area contributed by atoms with Crippen LogP contribution in [0, 0.1) is 0 Å². The molecule has 106 valence electrons. The molecule has 0 saturated carbocycles. The molecule has 0 spiro atoms. The van der Waals surface area contributed by atoms with Gasteiger partial charge in [0.05, 0.1) is 6.61 Å². The lowest BCUT2D eigenvalue weighted by Gasteiger charge is -2.26. The van der Waals surface area contributed by atoms with Crippen molar-refractivity contribution in [3.63, 3.8) is 0 Å². The molecule has 2 unspecified atom stereocenters. The van der Waals surface area contributed by atoms with Crippen LogP contribution in [-0.2, 0) is 16.6 Å². The zero-order valence-electron chi connectivity index (χ0n) is 11.3. The normalized spacial score (nSPS) is 24.8. The smallest absolute Gasteiger partial charge is 0.261 e. The lowest BCUT2D eigenvalue weighted by molar-refractivity contribution is 0.281. The fourth-order valence-electron chi connectivity index (χ4n) is 2.63. The van der Waals surface area contributed by atoms with Gasteiger partial charge in [0.25, 0.3) is 10.0 Å². The summed E-state index contributed by atoms with van der Waals surface area (Å²) in [6, 6.07) is 3.16. The van der Waals surface area contributed by atoms with Crippen molar-refractivity contribution in [2.75, 3.05) is 0 Å². The highest BCUT2D eigenvalue weighted by Crippen LogP contribution is 2.31. The van der Waals surface area contributed by atoms with Gasteiger partial charge in [0.2, 0.25) is 0 Å². The third-order valence-corrected chi connectivity index (χ3v) is 5.69. The Hall–Kier alpha value is -0.980. The van der Waals surface area contributed by atoms with E-state index in [9.17, 15) is 8.42 Å². The molecule has 2 rings (SSSR count). The lowest BCUT2D eigenvalue weighted by Crippen LogP contribution is -2.39. The second kappa shape index (κ2) is 5.56. The van der Waals surface area contributed by atoms with Gasteiger partial charge in [-0.3, -0.25) is 0 Å². The molecule has 0 amide bonds. The summed E-state index contributed by atoms with van der Waals surface area (Å²) in [5.41, 5.74) is 0.612. The first-order valence-corrected chi connectivity index (χ1v) is 8.04. The Kier molecular flexibility index (Phi) is 4.23. The van der Waals surface area contributed by atoms with Crippen molar-refractivity contribution in [2.24, 2.45) is 0 Å². The van der Waals surface area contributed by atoms with E-state index in [2.05, 4.69) is 4.98 Å². The SMILES string of the molecule is CCC1CCC(C)N1S(=O)(=O)c1ccc(CO)cn1. The van der Waals surface area contributed by atoms with Gasteiger partial charge in [-0.2, -0.15) is 4.31 Å². The van der Waals surface area contributed by atoms with E-state index in [4.69, 9.17) is 5.11 Å². The van der Waals surface area contributed by atoms with Gasteiger partial charge in [0, 0.05) is 18.3 Å². The Morgan fingerprint density at radius 2 is 2.16 bits per heavy atom. The Morgan fingerprint density at radius 3 is 2.68 bits per heavy atom. The van der Waals surface area contributed by atoms with Crippen molar-refractivity contribution < 1.29 is 13.5 Å². The number of rotatable bonds is 4. The summed E-state index contributed by atoms with van der Waals surface area (Å²) in [6.07, 6.45) is 4.03. The van der Waals surface area contributed by atoms with Gasteiger partial charge in [-0.05, 0) is 37.8 Å². The van der Waals surface area contributed by atoms with Crippen molar-refractivity contribution in [1.82, 2.24) is 9.29 Å². The van der Waals surface area contributed by atoms with Gasteiger partial charge in [-0.1, -0.05) is 13.0 Å². The average molecular weight is 284 g/mol. The molecule has 1 aliphatic rings. The quantitative estimate of drug-likeness (QED) is 0.910. The molecule has 1 aromatic rings. The summed E-state index contributed by atoms with van der Waals surface area (Å²) >= 11 is 0. The molecule has 0 bridgehead atoms. The largest absolute Gasteiger partial charge is 0.392 e. The summed E-state index contributed by atoms with van der Waals surface area (Å²) in [5.74, 6) is 0. The van der Waals surface area contributed by atoms with Crippen LogP contribution in [0.3, 0.4) is 0 Å². The molecule has 2 atom stereocenters. The van der Waals surface area contributed by atoms with E-state index in [-0.39, 0.29) is 23.7 Å². The maximum atomic E-state index is 12.6. The Labute approximate surface area is 114 Å². The van der Waals surface area contributed by atoms with E-state index in [1.54, 1.807) is 10.4 Å². The van der Waals surface area contributed by atoms with Crippen molar-refractivity contribution in [2.45, 2.75) is 56.8 Å². The monoisotopic (exact) mass is 284 g/mol. The minimum atomic E-state index is -3.53. The summed E-state index contributed by atoms with van der Waals surface area (Å²) in [4.78, 5) is 3.98. The van der Waals surface area contributed by atoms with E-state index in [1.807, 2.05) is 13.8 Å². The summed E-state index contributed by atoms with van der Waals surface area (Å²) in [5, 5.41) is 9.03. The topological polar surface area (TPSA) is 70.5 Å². The van der Waals surface area contributed by atoms with Gasteiger partial charge >= 0.3 is 0 Å². The number of hydrogen-bond donors (Lipinski definition) is 1. The first-order valence-electron chi connectivity index (χ1n) is 6.60. The molecule has 0 aliphatic carbocycles. The molecule has 1 N–H and O–H groups in total. The molecule has 19 heavy (non-hydrogen) atoms. The predicted molar refractivity (Wildman–Crippen MR) is 72.0 cm³/mol. The maximum Gasteiger partial charge on any atom is 0.261 e. The van der Waals surface area contributed by atoms with E-state index >= 15 is 0 Å². The lowest BCUT2D eigenvalue weighted by atomic mass is 10.2. The fourth-order valence-corrected chi connectivity index (χ4v) is 4.50. The van der Waals surface area contributed by atoms with Gasteiger partial charge < -0.3 is 5.11 Å². The molecule has 0 aromatic carbocycles. The highest BCUT2D eigenvalue weighted by molar-refractivity contribution is 7.89. The van der Waals surface area contributed by atoms with Crippen molar-refractivity contribution >= 4 is 10.0 Å². The van der Waals surface area contributed by atoms with E-state index in [1.165, 1.54) is 12.3 Å². The second-order valence-corrected chi connectivity index (χ2v) is 6.78. The van der Waals surface area contributed by atoms with Crippen LogP contribution in [0.4, 0.5) is 0 Å². The van der Waals surface area contributed by atoms with Crippen LogP contribution in [-0.4, -0.2) is 34.9 Å². The van der Waals surface area contributed by atoms with Gasteiger partial charge in [-0.15, -0.1) is 0 Å². The molecular formula is C13H20N2O3S. The van der Waals surface area contributed by atoms with Crippen molar-refractivity contribution in [3.05, 3.63) is 23.9 Å². The van der Waals surface area contributed by atoms with Gasteiger partial charge in [0.15, 0.2) is 5.03 Å². The van der Waals surface area contributed by atoms with Crippen LogP contribution in [0.1, 0.15) is 38.7 Å². The Bertz CT molecular complexity index is 527. The van der Waals surface area contributed by atoms with E-state index in [0.29, 0.717) is 5.56 Å². The van der Waals surface area contributed by atoms with E-state index in [0.717, 1.165) is 19.3 Å². The molecule has 6 heteroatoms. The number of aromatic nitrogens is 1. The first kappa shape index (κ1) is 14.4. The fraction of sp³-hybridized carbons (Fsp3) is 0.615. The highest BCUT2D eigenvalue weighted by Gasteiger charge is 2.39. The van der Waals surface area contributed by atoms with Gasteiger partial charge in [-0.25, -0.2) is 13.4 Å². The zero-order chi connectivity index (χ0) is 14.0. The van der Waals surface area contributed by atoms with Crippen molar-refractivity contribution in [3.8, 4) is 0 Å². The summed E-state index contributed by atoms with van der Waals surface area (Å²) < 4.78 is 26.8. The number of hydrogen-bond acceptors (Lipinski definition) is 4. The predicted octanol–water partition coefficient (Wildman–Crippen LogP) is 1.53. The molecule has 1 aliphatic heterocycles. The molecule has 0 radical (unpaired) electrons. The molecule has 1 saturated heterocycles. The Balaban J connectivity index is 2.35. The molecule has 1 fully saturated rings. The van der Waals surface area contributed by atoms with Crippen LogP contribution in [0.5, 0.6) is 0 Å². The maximum absolute atomic E-state index is 12.6. The number of nitrogens with zero attached hydrogens (tertiary/aromatic N) is 2. The summed E-state index contributed by atoms with van der Waals surface area (Å²) in [7, 11) is -3.53. The minimum absolute atomic E-state index is 0.0225. The van der Waals surface area contributed by atoms with E-state index < -0.39 is 10.0 Å². The number of aliphatic hydroxyl groups is 1. The highest BCUT2D eigenvalue weighted by atomic mass is 32.2. The Morgan fingerprint density at radius 1 is 1.42 bits per heavy atom. The number of sulfonamides is 1. The van der Waals surface area contributed by atoms with Crippen LogP contribution in [0.2, 0.25) is 0 Å². The third-order valence-electron chi connectivity index (χ3n) is 3.71. The van der Waals surface area contributed by atoms with Crippen LogP contribution >= 0.6 is 0 Å². The standard InChI is InChI=1S/C13H20N2O3S/c1-3-12-6-4-10(2)15(12)19(17,18)13-7-5-11(9-16)8-14-13/h5,7-8,10,12,16H,3-4,6,9H2,1-2H3. The zero-order valence-corrected chi connectivity index (χ0v) is 12.1. The molecular weight excluding hydrogens is 264 g/mol. The first-order chi connectivity index (χ1) is 9.00. The summed E-state index contributed by atoms with van der Waals surface area (Å²) in [6.45, 7) is 3.81.